The third-order valence-corrected chi connectivity index (χ3v) is 4.44. The Hall–Kier alpha value is -3.81. The van der Waals surface area contributed by atoms with Crippen LogP contribution in [-0.2, 0) is 9.59 Å². The van der Waals surface area contributed by atoms with E-state index >= 15 is 0 Å². The maximum Gasteiger partial charge on any atom is 0.329 e. The Bertz CT molecular complexity index is 1150. The molecule has 0 saturated carbocycles. The number of halogens is 1. The highest BCUT2D eigenvalue weighted by Gasteiger charge is 2.21. The highest BCUT2D eigenvalue weighted by molar-refractivity contribution is 6.35. The van der Waals surface area contributed by atoms with Crippen molar-refractivity contribution in [3.63, 3.8) is 0 Å². The minimum Gasteiger partial charge on any atom is -0.346 e. The fourth-order valence-electron chi connectivity index (χ4n) is 3.07. The summed E-state index contributed by atoms with van der Waals surface area (Å²) in [5.74, 6) is -2.36. The average molecular weight is 408 g/mol. The molecule has 0 atom stereocenters. The summed E-state index contributed by atoms with van der Waals surface area (Å²) in [5.41, 5.74) is 4.90. The summed E-state index contributed by atoms with van der Waals surface area (Å²) in [4.78, 5) is 36.6. The lowest BCUT2D eigenvalue weighted by molar-refractivity contribution is -0.139. The summed E-state index contributed by atoms with van der Waals surface area (Å²) >= 11 is 0. The van der Waals surface area contributed by atoms with Gasteiger partial charge in [-0.05, 0) is 62.7 Å². The molecule has 2 amide bonds. The zero-order valence-electron chi connectivity index (χ0n) is 16.8. The van der Waals surface area contributed by atoms with Crippen molar-refractivity contribution in [2.45, 2.75) is 26.8 Å². The number of fused-ring (bicyclic) bond motifs is 1. The molecule has 0 saturated heterocycles. The molecule has 0 unspecified atom stereocenters. The Balaban J connectivity index is 1.94. The number of hydrogen-bond donors (Lipinski definition) is 2. The number of ketones is 1. The van der Waals surface area contributed by atoms with E-state index in [4.69, 9.17) is 0 Å². The summed E-state index contributed by atoms with van der Waals surface area (Å²) in [6.07, 6.45) is 3.14. The van der Waals surface area contributed by atoms with Crippen LogP contribution in [0.4, 0.5) is 4.39 Å². The Kier molecular flexibility index (Phi) is 6.06. The van der Waals surface area contributed by atoms with Crippen LogP contribution < -0.4 is 10.7 Å². The van der Waals surface area contributed by atoms with E-state index in [0.29, 0.717) is 27.9 Å². The third-order valence-electron chi connectivity index (χ3n) is 4.44. The van der Waals surface area contributed by atoms with Crippen molar-refractivity contribution >= 4 is 29.3 Å². The Morgan fingerprint density at radius 3 is 2.43 bits per heavy atom. The molecule has 0 fully saturated rings. The number of carbonyl (C=O) groups excluding carboxylic acids is 3. The summed E-state index contributed by atoms with van der Waals surface area (Å²) < 4.78 is 14.9. The minimum atomic E-state index is -0.885. The molecule has 0 spiro atoms. The van der Waals surface area contributed by atoms with Crippen LogP contribution in [0.1, 0.15) is 41.0 Å². The molecular formula is C22H21FN4O3. The van der Waals surface area contributed by atoms with Crippen LogP contribution in [0.5, 0.6) is 0 Å². The van der Waals surface area contributed by atoms with Crippen LogP contribution in [0, 0.1) is 12.7 Å². The summed E-state index contributed by atoms with van der Waals surface area (Å²) in [5, 5.41) is 6.35. The normalized spacial score (nSPS) is 11.2. The minimum absolute atomic E-state index is 0.176. The van der Waals surface area contributed by atoms with Gasteiger partial charge in [0.2, 0.25) is 5.78 Å². The average Bonchev–Trinajstić information content (AvgIpc) is 2.99. The molecule has 0 bridgehead atoms. The number of aromatic nitrogens is 1. The van der Waals surface area contributed by atoms with Gasteiger partial charge < -0.3 is 9.72 Å². The summed E-state index contributed by atoms with van der Waals surface area (Å²) in [7, 11) is 0. The quantitative estimate of drug-likeness (QED) is 0.294. The number of rotatable bonds is 5. The van der Waals surface area contributed by atoms with Gasteiger partial charge in [-0.15, -0.1) is 0 Å². The molecule has 154 valence electrons. The number of hydrogen-bond acceptors (Lipinski definition) is 4. The SMILES string of the molecule is Cc1c(/C=N\NC(=O)C(=O)NC(C)C)c2ccccn2c1C(=O)c1ccc(F)cc1. The Morgan fingerprint density at radius 2 is 1.77 bits per heavy atom. The maximum atomic E-state index is 13.2. The first-order chi connectivity index (χ1) is 14.3. The lowest BCUT2D eigenvalue weighted by Crippen LogP contribution is -2.41. The van der Waals surface area contributed by atoms with E-state index in [0.717, 1.165) is 0 Å². The number of carbonyl (C=O) groups is 3. The first-order valence-corrected chi connectivity index (χ1v) is 9.33. The maximum absolute atomic E-state index is 13.2. The molecule has 3 aromatic rings. The highest BCUT2D eigenvalue weighted by Crippen LogP contribution is 2.24. The van der Waals surface area contributed by atoms with Gasteiger partial charge in [0.05, 0.1) is 17.4 Å². The number of pyridine rings is 1. The standard InChI is InChI=1S/C22H21FN4O3/c1-13(2)25-21(29)22(30)26-24-12-17-14(3)19(27-11-5-4-6-18(17)27)20(28)15-7-9-16(23)10-8-15/h4-13H,1-3H3,(H,25,29)(H,26,30)/b24-12-. The van der Waals surface area contributed by atoms with Crippen LogP contribution in [0.2, 0.25) is 0 Å². The number of nitrogens with zero attached hydrogens (tertiary/aromatic N) is 2. The molecule has 0 radical (unpaired) electrons. The summed E-state index contributed by atoms with van der Waals surface area (Å²) in [6, 6.07) is 10.6. The van der Waals surface area contributed by atoms with Gasteiger partial charge in [-0.2, -0.15) is 5.10 Å². The van der Waals surface area contributed by atoms with Gasteiger partial charge in [-0.25, -0.2) is 9.82 Å². The van der Waals surface area contributed by atoms with Crippen LogP contribution in [-0.4, -0.2) is 34.3 Å². The molecule has 3 rings (SSSR count). The number of benzene rings is 1. The first kappa shape index (κ1) is 20.9. The molecule has 2 N–H and O–H groups in total. The molecule has 7 nitrogen and oxygen atoms in total. The molecular weight excluding hydrogens is 387 g/mol. The fourth-order valence-corrected chi connectivity index (χ4v) is 3.07. The van der Waals surface area contributed by atoms with Gasteiger partial charge >= 0.3 is 11.8 Å². The van der Waals surface area contributed by atoms with Gasteiger partial charge in [0.1, 0.15) is 5.82 Å². The van der Waals surface area contributed by atoms with Crippen LogP contribution in [0.25, 0.3) is 5.52 Å². The second-order valence-corrected chi connectivity index (χ2v) is 7.01. The molecule has 1 aromatic carbocycles. The monoisotopic (exact) mass is 408 g/mol. The van der Waals surface area contributed by atoms with E-state index in [1.54, 1.807) is 37.4 Å². The van der Waals surface area contributed by atoms with E-state index in [-0.39, 0.29) is 11.8 Å². The molecule has 2 heterocycles. The largest absolute Gasteiger partial charge is 0.346 e. The lowest BCUT2D eigenvalue weighted by Gasteiger charge is -2.06. The van der Waals surface area contributed by atoms with Crippen molar-refractivity contribution in [1.29, 1.82) is 0 Å². The fraction of sp³-hybridized carbons (Fsp3) is 0.182. The number of nitrogens with one attached hydrogen (secondary N) is 2. The third kappa shape index (κ3) is 4.27. The molecule has 0 aliphatic carbocycles. The van der Waals surface area contributed by atoms with Crippen LogP contribution >= 0.6 is 0 Å². The van der Waals surface area contributed by atoms with Crippen molar-refractivity contribution in [1.82, 2.24) is 15.1 Å². The topological polar surface area (TPSA) is 92.0 Å². The van der Waals surface area contributed by atoms with Gasteiger partial charge in [0.25, 0.3) is 0 Å². The lowest BCUT2D eigenvalue weighted by atomic mass is 10.0. The molecule has 2 aromatic heterocycles. The van der Waals surface area contributed by atoms with Gasteiger partial charge in [-0.1, -0.05) is 6.07 Å². The van der Waals surface area contributed by atoms with Gasteiger partial charge in [0.15, 0.2) is 0 Å². The second-order valence-electron chi connectivity index (χ2n) is 7.01. The predicted molar refractivity (Wildman–Crippen MR) is 111 cm³/mol. The van der Waals surface area contributed by atoms with E-state index in [1.807, 2.05) is 12.1 Å². The smallest absolute Gasteiger partial charge is 0.329 e. The first-order valence-electron chi connectivity index (χ1n) is 9.33. The van der Waals surface area contributed by atoms with E-state index < -0.39 is 17.6 Å². The van der Waals surface area contributed by atoms with E-state index in [1.165, 1.54) is 30.5 Å². The van der Waals surface area contributed by atoms with E-state index in [2.05, 4.69) is 15.8 Å². The number of amides is 2. The van der Waals surface area contributed by atoms with Crippen molar-refractivity contribution < 1.29 is 18.8 Å². The van der Waals surface area contributed by atoms with Crippen LogP contribution in [0.15, 0.2) is 53.8 Å². The second kappa shape index (κ2) is 8.69. The molecule has 0 aliphatic heterocycles. The Labute approximate surface area is 172 Å². The zero-order chi connectivity index (χ0) is 21.8. The van der Waals surface area contributed by atoms with Crippen molar-refractivity contribution in [2.75, 3.05) is 0 Å². The molecule has 30 heavy (non-hydrogen) atoms. The Morgan fingerprint density at radius 1 is 1.07 bits per heavy atom. The number of hydrazone groups is 1. The molecule has 0 aliphatic rings. The molecule has 8 heteroatoms. The summed E-state index contributed by atoms with van der Waals surface area (Å²) in [6.45, 7) is 5.24. The van der Waals surface area contributed by atoms with Crippen molar-refractivity contribution in [2.24, 2.45) is 5.10 Å². The van der Waals surface area contributed by atoms with Gasteiger partial charge in [-0.3, -0.25) is 14.4 Å². The highest BCUT2D eigenvalue weighted by atomic mass is 19.1. The predicted octanol–water partition coefficient (Wildman–Crippen LogP) is 2.59. The zero-order valence-corrected chi connectivity index (χ0v) is 16.8. The van der Waals surface area contributed by atoms with Crippen molar-refractivity contribution in [3.05, 3.63) is 76.9 Å². The van der Waals surface area contributed by atoms with E-state index in [9.17, 15) is 18.8 Å². The van der Waals surface area contributed by atoms with Crippen molar-refractivity contribution in [3.8, 4) is 0 Å². The van der Waals surface area contributed by atoms with Crippen LogP contribution in [0.3, 0.4) is 0 Å². The van der Waals surface area contributed by atoms with Gasteiger partial charge in [0, 0.05) is 23.4 Å².